The van der Waals surface area contributed by atoms with E-state index in [1.54, 1.807) is 0 Å². The fourth-order valence-corrected chi connectivity index (χ4v) is 7.06. The first kappa shape index (κ1) is 37.6. The van der Waals surface area contributed by atoms with Crippen LogP contribution in [-0.4, -0.2) is 19.9 Å². The summed E-state index contributed by atoms with van der Waals surface area (Å²) in [7, 11) is 0. The van der Waals surface area contributed by atoms with Crippen molar-refractivity contribution >= 4 is 46.4 Å². The number of unbranched alkanes of at least 4 members (excludes halogenated alkanes) is 6. The van der Waals surface area contributed by atoms with Crippen LogP contribution in [0.25, 0.3) is 46.4 Å². The standard InChI is InChI=1S/C52H46N4/c1-5-9-11-13-15-37-17-21-39(22-18-37)25-27-43-49-33-29-45(53-49)41(7-3)47-31-35-51(55-47)44(28-26-40-23-19-38(20-24-40)16-14-12-10-6-2)52-36-32-48(56-52)42(8-4)46-30-34-50(43)54-46/h3-4,17-24,29-36,53,55H,5-6,9-16H2,1-2H3. The molecule has 4 nitrogen and oxygen atoms in total. The summed E-state index contributed by atoms with van der Waals surface area (Å²) in [4.78, 5) is 17.2. The molecular weight excluding hydrogens is 681 g/mol. The van der Waals surface area contributed by atoms with E-state index >= 15 is 0 Å². The molecule has 4 heteroatoms. The third kappa shape index (κ3) is 8.80. The number of nitrogens with one attached hydrogen (secondary N) is 2. The van der Waals surface area contributed by atoms with Gasteiger partial charge in [-0.3, -0.25) is 0 Å². The van der Waals surface area contributed by atoms with Crippen molar-refractivity contribution in [2.24, 2.45) is 0 Å². The van der Waals surface area contributed by atoms with E-state index in [2.05, 4.69) is 108 Å². The minimum absolute atomic E-state index is 0.598. The molecule has 0 saturated carbocycles. The zero-order valence-corrected chi connectivity index (χ0v) is 32.4. The lowest BCUT2D eigenvalue weighted by Crippen LogP contribution is -1.90. The van der Waals surface area contributed by atoms with Gasteiger partial charge in [0.1, 0.15) is 0 Å². The molecule has 0 fully saturated rings. The van der Waals surface area contributed by atoms with E-state index in [-0.39, 0.29) is 0 Å². The zero-order chi connectivity index (χ0) is 38.7. The Morgan fingerprint density at radius 3 is 1.18 bits per heavy atom. The zero-order valence-electron chi connectivity index (χ0n) is 32.4. The van der Waals surface area contributed by atoms with Crippen molar-refractivity contribution in [3.63, 3.8) is 0 Å². The van der Waals surface area contributed by atoms with E-state index in [1.807, 2.05) is 48.6 Å². The van der Waals surface area contributed by atoms with Gasteiger partial charge in [-0.25, -0.2) is 9.97 Å². The van der Waals surface area contributed by atoms with Gasteiger partial charge in [-0.05, 0) is 110 Å². The smallest absolute Gasteiger partial charge is 0.0816 e. The number of aromatic nitrogens is 4. The second-order valence-corrected chi connectivity index (χ2v) is 14.3. The van der Waals surface area contributed by atoms with Crippen molar-refractivity contribution in [3.8, 4) is 48.4 Å². The molecule has 0 aliphatic carbocycles. The molecule has 3 aromatic heterocycles. The average molecular weight is 727 g/mol. The summed E-state index contributed by atoms with van der Waals surface area (Å²) < 4.78 is 0. The maximum Gasteiger partial charge on any atom is 0.0816 e. The van der Waals surface area contributed by atoms with Crippen LogP contribution in [0.2, 0.25) is 0 Å². The molecule has 2 aliphatic rings. The van der Waals surface area contributed by atoms with E-state index in [1.165, 1.54) is 62.5 Å². The van der Waals surface area contributed by atoms with Crippen LogP contribution < -0.4 is 0 Å². The van der Waals surface area contributed by atoms with Gasteiger partial charge >= 0.3 is 0 Å². The molecule has 0 unspecified atom stereocenters. The maximum absolute atomic E-state index is 6.20. The molecule has 0 amide bonds. The summed E-state index contributed by atoms with van der Waals surface area (Å²) in [6.07, 6.45) is 32.3. The Bertz CT molecular complexity index is 2500. The van der Waals surface area contributed by atoms with E-state index in [4.69, 9.17) is 22.8 Å². The number of aryl methyl sites for hydroxylation is 2. The largest absolute Gasteiger partial charge is 0.353 e. The first-order valence-electron chi connectivity index (χ1n) is 19.9. The van der Waals surface area contributed by atoms with Gasteiger partial charge in [0, 0.05) is 11.1 Å². The number of fused-ring (bicyclic) bond motifs is 8. The number of hydrogen-bond acceptors (Lipinski definition) is 2. The van der Waals surface area contributed by atoms with Gasteiger partial charge in [-0.15, -0.1) is 12.8 Å². The topological polar surface area (TPSA) is 57.4 Å². The monoisotopic (exact) mass is 726 g/mol. The van der Waals surface area contributed by atoms with E-state index in [0.717, 1.165) is 57.2 Å². The highest BCUT2D eigenvalue weighted by Crippen LogP contribution is 2.27. The first-order chi connectivity index (χ1) is 27.6. The van der Waals surface area contributed by atoms with Gasteiger partial charge in [0.05, 0.1) is 67.1 Å². The summed E-state index contributed by atoms with van der Waals surface area (Å²) in [5, 5.41) is 0. The van der Waals surface area contributed by atoms with Crippen LogP contribution in [0.4, 0.5) is 0 Å². The van der Waals surface area contributed by atoms with Crippen molar-refractivity contribution in [1.82, 2.24) is 19.9 Å². The van der Waals surface area contributed by atoms with Crippen molar-refractivity contribution < 1.29 is 0 Å². The molecule has 0 radical (unpaired) electrons. The van der Waals surface area contributed by atoms with E-state index < -0.39 is 0 Å². The molecule has 2 aromatic carbocycles. The second-order valence-electron chi connectivity index (χ2n) is 14.3. The Morgan fingerprint density at radius 2 is 0.804 bits per heavy atom. The quantitative estimate of drug-likeness (QED) is 0.109. The minimum atomic E-state index is 0.598. The van der Waals surface area contributed by atoms with Gasteiger partial charge in [0.2, 0.25) is 0 Å². The van der Waals surface area contributed by atoms with Crippen LogP contribution in [0.1, 0.15) is 132 Å². The molecule has 0 spiro atoms. The molecule has 0 saturated heterocycles. The fourth-order valence-electron chi connectivity index (χ4n) is 7.06. The SMILES string of the molecule is C#Cc1c2nc(c(C#Cc3ccc(CCCCCC)cc3)c3ccc([nH]3)c(C#C)c3ccc([nH]3)c(C#Cc3ccc(CCCCCC)cc3)c3nc1C=C3)C=C2. The Hall–Kier alpha value is -6.72. The molecule has 7 rings (SSSR count). The highest BCUT2D eigenvalue weighted by Gasteiger charge is 2.15. The lowest BCUT2D eigenvalue weighted by molar-refractivity contribution is 0.667. The number of nitrogens with zero attached hydrogens (tertiary/aromatic N) is 2. The maximum atomic E-state index is 6.20. The number of aromatic amines is 2. The molecule has 0 atom stereocenters. The van der Waals surface area contributed by atoms with Crippen molar-refractivity contribution in [2.75, 3.05) is 0 Å². The minimum Gasteiger partial charge on any atom is -0.353 e. The van der Waals surface area contributed by atoms with Crippen molar-refractivity contribution in [1.29, 1.82) is 0 Å². The van der Waals surface area contributed by atoms with Gasteiger partial charge in [-0.2, -0.15) is 0 Å². The van der Waals surface area contributed by atoms with E-state index in [9.17, 15) is 0 Å². The van der Waals surface area contributed by atoms with Crippen LogP contribution in [-0.2, 0) is 12.8 Å². The Kier molecular flexibility index (Phi) is 12.1. The summed E-state index contributed by atoms with van der Waals surface area (Å²) in [6, 6.07) is 25.1. The third-order valence-corrected chi connectivity index (χ3v) is 10.3. The van der Waals surface area contributed by atoms with Crippen molar-refractivity contribution in [3.05, 3.63) is 140 Å². The highest BCUT2D eigenvalue weighted by atomic mass is 14.8. The van der Waals surface area contributed by atoms with Gasteiger partial charge in [0.15, 0.2) is 0 Å². The summed E-state index contributed by atoms with van der Waals surface area (Å²) >= 11 is 0. The van der Waals surface area contributed by atoms with Crippen LogP contribution >= 0.6 is 0 Å². The van der Waals surface area contributed by atoms with Crippen LogP contribution in [0, 0.1) is 48.4 Å². The molecule has 56 heavy (non-hydrogen) atoms. The Morgan fingerprint density at radius 1 is 0.429 bits per heavy atom. The predicted octanol–water partition coefficient (Wildman–Crippen LogP) is 11.7. The molecular formula is C52H46N4. The van der Waals surface area contributed by atoms with Gasteiger partial charge in [0.25, 0.3) is 0 Å². The molecule has 274 valence electrons. The normalized spacial score (nSPS) is 11.3. The van der Waals surface area contributed by atoms with Gasteiger partial charge in [-0.1, -0.05) is 112 Å². The summed E-state index contributed by atoms with van der Waals surface area (Å²) in [6.45, 7) is 4.48. The van der Waals surface area contributed by atoms with Crippen LogP contribution in [0.15, 0.2) is 72.8 Å². The Balaban J connectivity index is 1.34. The number of rotatable bonds is 10. The van der Waals surface area contributed by atoms with Crippen LogP contribution in [0.3, 0.4) is 0 Å². The highest BCUT2D eigenvalue weighted by molar-refractivity contribution is 5.87. The first-order valence-corrected chi connectivity index (χ1v) is 19.9. The number of terminal acetylenes is 2. The Labute approximate surface area is 331 Å². The number of H-pyrrole nitrogens is 2. The van der Waals surface area contributed by atoms with Crippen LogP contribution in [0.5, 0.6) is 0 Å². The second kappa shape index (κ2) is 18.1. The molecule has 8 bridgehead atoms. The molecule has 2 N–H and O–H groups in total. The van der Waals surface area contributed by atoms with E-state index in [0.29, 0.717) is 33.9 Å². The lowest BCUT2D eigenvalue weighted by atomic mass is 10.0. The average Bonchev–Trinajstić information content (AvgIpc) is 4.07. The summed E-state index contributed by atoms with van der Waals surface area (Å²) in [5.74, 6) is 19.4. The molecule has 5 aromatic rings. The fraction of sp³-hybridized carbons (Fsp3) is 0.231. The summed E-state index contributed by atoms with van der Waals surface area (Å²) in [5.41, 5.74) is 13.2. The number of hydrogen-bond donors (Lipinski definition) is 2. The molecule has 5 heterocycles. The lowest BCUT2D eigenvalue weighted by Gasteiger charge is -2.01. The third-order valence-electron chi connectivity index (χ3n) is 10.3. The predicted molar refractivity (Wildman–Crippen MR) is 235 cm³/mol. The van der Waals surface area contributed by atoms with Crippen molar-refractivity contribution in [2.45, 2.75) is 78.1 Å². The van der Waals surface area contributed by atoms with Gasteiger partial charge < -0.3 is 9.97 Å². The number of benzene rings is 2. The molecule has 2 aliphatic heterocycles.